The highest BCUT2D eigenvalue weighted by Crippen LogP contribution is 2.36. The first kappa shape index (κ1) is 29.7. The molecule has 2 aliphatic rings. The van der Waals surface area contributed by atoms with Crippen molar-refractivity contribution in [2.24, 2.45) is 0 Å². The summed E-state index contributed by atoms with van der Waals surface area (Å²) in [6.45, 7) is 8.19. The fourth-order valence-electron chi connectivity index (χ4n) is 5.58. The van der Waals surface area contributed by atoms with Crippen molar-refractivity contribution in [3.05, 3.63) is 45.7 Å². The number of hydrogen-bond acceptors (Lipinski definition) is 9. The number of carbonyl (C=O) groups excluding carboxylic acids is 2. The predicted molar refractivity (Wildman–Crippen MR) is 155 cm³/mol. The van der Waals surface area contributed by atoms with E-state index in [0.717, 1.165) is 30.8 Å². The maximum atomic E-state index is 14.1. The quantitative estimate of drug-likeness (QED) is 0.380. The molecule has 0 spiro atoms. The molecule has 2 unspecified atom stereocenters. The summed E-state index contributed by atoms with van der Waals surface area (Å²) in [6.07, 6.45) is 2.49. The zero-order chi connectivity index (χ0) is 29.3. The molecule has 3 aromatic rings. The van der Waals surface area contributed by atoms with E-state index < -0.39 is 12.0 Å². The normalized spacial score (nSPS) is 22.1. The molecule has 13 heteroatoms. The smallest absolute Gasteiger partial charge is 0.276 e. The van der Waals surface area contributed by atoms with Crippen LogP contribution in [0.15, 0.2) is 28.8 Å². The summed E-state index contributed by atoms with van der Waals surface area (Å²) < 4.78 is 19.1. The van der Waals surface area contributed by atoms with Gasteiger partial charge in [-0.05, 0) is 58.6 Å². The van der Waals surface area contributed by atoms with Gasteiger partial charge in [0.2, 0.25) is 0 Å². The maximum absolute atomic E-state index is 14.1. The molecule has 2 saturated heterocycles. The van der Waals surface area contributed by atoms with Crippen molar-refractivity contribution in [1.82, 2.24) is 30.1 Å². The summed E-state index contributed by atoms with van der Waals surface area (Å²) in [5.41, 5.74) is 0.0920. The first-order valence-corrected chi connectivity index (χ1v) is 15.1. The SMILES string of the molecule is COC1CCC(C)(OC)N1C(=O)c1cc(C(=O)NC2CCN(C(C)C)CC2)nn1Cc1cc(-c2ccc(Cl)s2)on1. The van der Waals surface area contributed by atoms with Gasteiger partial charge in [0.15, 0.2) is 11.5 Å². The van der Waals surface area contributed by atoms with E-state index in [1.807, 2.05) is 13.0 Å². The van der Waals surface area contributed by atoms with Crippen molar-refractivity contribution in [1.29, 1.82) is 0 Å². The number of ether oxygens (including phenoxy) is 2. The second kappa shape index (κ2) is 12.2. The van der Waals surface area contributed by atoms with Crippen LogP contribution in [0.5, 0.6) is 0 Å². The lowest BCUT2D eigenvalue weighted by Gasteiger charge is -2.36. The van der Waals surface area contributed by atoms with Crippen molar-refractivity contribution in [2.45, 2.75) is 77.0 Å². The lowest BCUT2D eigenvalue weighted by molar-refractivity contribution is -0.126. The number of thiophene rings is 1. The van der Waals surface area contributed by atoms with E-state index in [2.05, 4.69) is 34.3 Å². The number of methoxy groups -OCH3 is 2. The van der Waals surface area contributed by atoms with Crippen molar-refractivity contribution < 1.29 is 23.6 Å². The molecule has 0 bridgehead atoms. The van der Waals surface area contributed by atoms with Gasteiger partial charge in [0.1, 0.15) is 23.3 Å². The van der Waals surface area contributed by atoms with Gasteiger partial charge in [0, 0.05) is 51.5 Å². The summed E-state index contributed by atoms with van der Waals surface area (Å²) in [4.78, 5) is 32.3. The lowest BCUT2D eigenvalue weighted by atomic mass is 10.0. The minimum absolute atomic E-state index is 0.0470. The molecule has 5 rings (SSSR count). The third-order valence-corrected chi connectivity index (χ3v) is 9.34. The molecular formula is C28H37ClN6O5S. The van der Waals surface area contributed by atoms with Gasteiger partial charge >= 0.3 is 0 Å². The van der Waals surface area contributed by atoms with E-state index in [-0.39, 0.29) is 35.8 Å². The topological polar surface area (TPSA) is 115 Å². The predicted octanol–water partition coefficient (Wildman–Crippen LogP) is 4.48. The van der Waals surface area contributed by atoms with Crippen LogP contribution in [-0.2, 0) is 16.0 Å². The molecule has 2 fully saturated rings. The van der Waals surface area contributed by atoms with E-state index in [0.29, 0.717) is 34.7 Å². The van der Waals surface area contributed by atoms with Crippen molar-refractivity contribution in [2.75, 3.05) is 27.3 Å². The van der Waals surface area contributed by atoms with Crippen LogP contribution < -0.4 is 5.32 Å². The molecule has 0 saturated carbocycles. The maximum Gasteiger partial charge on any atom is 0.276 e. The van der Waals surface area contributed by atoms with Crippen LogP contribution in [-0.4, -0.2) is 87.9 Å². The number of aromatic nitrogens is 3. The fourth-order valence-corrected chi connectivity index (χ4v) is 6.57. The van der Waals surface area contributed by atoms with Gasteiger partial charge in [-0.3, -0.25) is 19.2 Å². The minimum atomic E-state index is -0.862. The van der Waals surface area contributed by atoms with Crippen molar-refractivity contribution >= 4 is 34.8 Å². The molecule has 2 atom stereocenters. The zero-order valence-corrected chi connectivity index (χ0v) is 25.6. The summed E-state index contributed by atoms with van der Waals surface area (Å²) in [5, 5.41) is 11.9. The number of rotatable bonds is 9. The van der Waals surface area contributed by atoms with E-state index in [1.165, 1.54) is 16.0 Å². The van der Waals surface area contributed by atoms with Gasteiger partial charge in [-0.2, -0.15) is 5.10 Å². The Labute approximate surface area is 248 Å². The van der Waals surface area contributed by atoms with Crippen LogP contribution >= 0.6 is 22.9 Å². The van der Waals surface area contributed by atoms with Crippen LogP contribution in [0, 0.1) is 0 Å². The van der Waals surface area contributed by atoms with Crippen LogP contribution in [0.2, 0.25) is 4.34 Å². The van der Waals surface area contributed by atoms with Gasteiger partial charge < -0.3 is 24.2 Å². The largest absolute Gasteiger partial charge is 0.361 e. The Bertz CT molecular complexity index is 1380. The number of amides is 2. The highest BCUT2D eigenvalue weighted by molar-refractivity contribution is 7.19. The molecule has 2 amide bonds. The Morgan fingerprint density at radius 2 is 1.98 bits per heavy atom. The first-order valence-electron chi connectivity index (χ1n) is 13.9. The monoisotopic (exact) mass is 604 g/mol. The second-order valence-corrected chi connectivity index (χ2v) is 12.7. The van der Waals surface area contributed by atoms with Crippen molar-refractivity contribution in [3.63, 3.8) is 0 Å². The third-order valence-electron chi connectivity index (χ3n) is 8.10. The van der Waals surface area contributed by atoms with Gasteiger partial charge in [-0.1, -0.05) is 16.8 Å². The van der Waals surface area contributed by atoms with Crippen molar-refractivity contribution in [3.8, 4) is 10.6 Å². The van der Waals surface area contributed by atoms with E-state index in [4.69, 9.17) is 25.6 Å². The Kier molecular flexibility index (Phi) is 8.86. The lowest BCUT2D eigenvalue weighted by Crippen LogP contribution is -2.51. The Morgan fingerprint density at radius 3 is 2.61 bits per heavy atom. The molecule has 3 aromatic heterocycles. The molecule has 41 heavy (non-hydrogen) atoms. The highest BCUT2D eigenvalue weighted by Gasteiger charge is 2.47. The van der Waals surface area contributed by atoms with Crippen LogP contribution in [0.1, 0.15) is 73.1 Å². The summed E-state index contributed by atoms with van der Waals surface area (Å²) in [5.74, 6) is -0.0908. The molecule has 2 aliphatic heterocycles. The number of halogens is 1. The number of likely N-dealkylation sites (tertiary alicyclic amines) is 2. The summed E-state index contributed by atoms with van der Waals surface area (Å²) in [7, 11) is 3.15. The average molecular weight is 605 g/mol. The molecule has 0 aliphatic carbocycles. The molecule has 0 aromatic carbocycles. The molecule has 0 radical (unpaired) electrons. The van der Waals surface area contributed by atoms with Gasteiger partial charge in [-0.25, -0.2) is 0 Å². The number of nitrogens with one attached hydrogen (secondary N) is 1. The fraction of sp³-hybridized carbons (Fsp3) is 0.571. The first-order chi connectivity index (χ1) is 19.6. The summed E-state index contributed by atoms with van der Waals surface area (Å²) in [6, 6.07) is 7.50. The zero-order valence-electron chi connectivity index (χ0n) is 24.1. The minimum Gasteiger partial charge on any atom is -0.361 e. The molecule has 1 N–H and O–H groups in total. The number of carbonyl (C=O) groups is 2. The van der Waals surface area contributed by atoms with Gasteiger partial charge in [-0.15, -0.1) is 11.3 Å². The molecule has 5 heterocycles. The second-order valence-electron chi connectivity index (χ2n) is 11.0. The van der Waals surface area contributed by atoms with Crippen LogP contribution in [0.25, 0.3) is 10.6 Å². The Hall–Kier alpha value is -2.77. The number of nitrogens with zero attached hydrogens (tertiary/aromatic N) is 5. The number of piperidine rings is 1. The number of hydrogen-bond donors (Lipinski definition) is 1. The Balaban J connectivity index is 1.42. The van der Waals surface area contributed by atoms with Gasteiger partial charge in [0.25, 0.3) is 11.8 Å². The average Bonchev–Trinajstić information content (AvgIpc) is 3.75. The van der Waals surface area contributed by atoms with Gasteiger partial charge in [0.05, 0.1) is 15.8 Å². The Morgan fingerprint density at radius 1 is 1.22 bits per heavy atom. The molecular weight excluding hydrogens is 568 g/mol. The van der Waals surface area contributed by atoms with E-state index >= 15 is 0 Å². The van der Waals surface area contributed by atoms with Crippen LogP contribution in [0.3, 0.4) is 0 Å². The van der Waals surface area contributed by atoms with Crippen LogP contribution in [0.4, 0.5) is 0 Å². The standard InChI is InChI=1S/C28H37ClN6O5S/c1-17(2)33-12-9-18(10-13-33)30-26(36)20-15-21(27(37)35-25(38-4)8-11-28(35,3)39-5)34(31-20)16-19-14-22(40-32-19)23-6-7-24(29)41-23/h6-7,14-15,17-18,25H,8-13,16H2,1-5H3,(H,30,36). The van der Waals surface area contributed by atoms with E-state index in [9.17, 15) is 9.59 Å². The van der Waals surface area contributed by atoms with E-state index in [1.54, 1.807) is 37.3 Å². The molecule has 222 valence electrons. The summed E-state index contributed by atoms with van der Waals surface area (Å²) >= 11 is 7.47. The highest BCUT2D eigenvalue weighted by atomic mass is 35.5. The third kappa shape index (κ3) is 6.21. The molecule has 11 nitrogen and oxygen atoms in total.